The average Bonchev–Trinajstić information content (AvgIpc) is 2.39. The lowest BCUT2D eigenvalue weighted by Crippen LogP contribution is -2.43. The van der Waals surface area contributed by atoms with Crippen molar-refractivity contribution in [1.82, 2.24) is 9.80 Å². The molecular formula is C14H22Cl2N2. The quantitative estimate of drug-likeness (QED) is 0.817. The van der Waals surface area contributed by atoms with Gasteiger partial charge in [0.1, 0.15) is 0 Å². The van der Waals surface area contributed by atoms with Crippen molar-refractivity contribution in [3.8, 4) is 0 Å². The van der Waals surface area contributed by atoms with Crippen molar-refractivity contribution in [2.45, 2.75) is 20.4 Å². The minimum Gasteiger partial charge on any atom is -0.304 e. The molecule has 2 nitrogen and oxygen atoms in total. The molecule has 2 rings (SSSR count). The van der Waals surface area contributed by atoms with E-state index in [0.29, 0.717) is 0 Å². The standard InChI is InChI=1S/C12H16Cl2N2.C2H6/c1-15-4-6-16(7-5-15)9-10-8-11(13)2-3-12(10)14;1-2/h2-3,8H,4-7,9H2,1H3;1-2H3. The normalized spacial score (nSPS) is 17.2. The number of hydrogen-bond donors (Lipinski definition) is 0. The highest BCUT2D eigenvalue weighted by Crippen LogP contribution is 2.22. The zero-order chi connectivity index (χ0) is 13.5. The lowest BCUT2D eigenvalue weighted by atomic mass is 10.2. The third-order valence-electron chi connectivity index (χ3n) is 3.00. The summed E-state index contributed by atoms with van der Waals surface area (Å²) < 4.78 is 0. The van der Waals surface area contributed by atoms with Crippen LogP contribution in [0.25, 0.3) is 0 Å². The third-order valence-corrected chi connectivity index (χ3v) is 3.60. The summed E-state index contributed by atoms with van der Waals surface area (Å²) in [4.78, 5) is 4.76. The molecule has 1 aromatic rings. The van der Waals surface area contributed by atoms with Crippen molar-refractivity contribution in [2.24, 2.45) is 0 Å². The van der Waals surface area contributed by atoms with E-state index in [1.165, 1.54) is 0 Å². The van der Waals surface area contributed by atoms with Crippen molar-refractivity contribution < 1.29 is 0 Å². The second-order valence-electron chi connectivity index (χ2n) is 4.32. The minimum atomic E-state index is 0.758. The summed E-state index contributed by atoms with van der Waals surface area (Å²) in [6, 6.07) is 5.66. The van der Waals surface area contributed by atoms with E-state index in [4.69, 9.17) is 23.2 Å². The summed E-state index contributed by atoms with van der Waals surface area (Å²) >= 11 is 12.1. The number of piperazine rings is 1. The zero-order valence-electron chi connectivity index (χ0n) is 11.4. The van der Waals surface area contributed by atoms with Gasteiger partial charge in [0, 0.05) is 42.8 Å². The monoisotopic (exact) mass is 288 g/mol. The van der Waals surface area contributed by atoms with Gasteiger partial charge in [-0.15, -0.1) is 0 Å². The molecule has 0 unspecified atom stereocenters. The van der Waals surface area contributed by atoms with E-state index in [9.17, 15) is 0 Å². The van der Waals surface area contributed by atoms with Crippen LogP contribution in [0.3, 0.4) is 0 Å². The van der Waals surface area contributed by atoms with E-state index in [0.717, 1.165) is 48.3 Å². The first kappa shape index (κ1) is 15.8. The van der Waals surface area contributed by atoms with E-state index in [1.807, 2.05) is 32.0 Å². The highest BCUT2D eigenvalue weighted by Gasteiger charge is 2.15. The lowest BCUT2D eigenvalue weighted by Gasteiger charge is -2.32. The van der Waals surface area contributed by atoms with Crippen molar-refractivity contribution >= 4 is 23.2 Å². The van der Waals surface area contributed by atoms with E-state index in [1.54, 1.807) is 0 Å². The number of nitrogens with zero attached hydrogens (tertiary/aromatic N) is 2. The predicted octanol–water partition coefficient (Wildman–Crippen LogP) is 3.77. The molecule has 1 aliphatic rings. The van der Waals surface area contributed by atoms with Crippen LogP contribution in [0.2, 0.25) is 10.0 Å². The molecule has 0 bridgehead atoms. The van der Waals surface area contributed by atoms with Gasteiger partial charge in [-0.3, -0.25) is 4.90 Å². The number of rotatable bonds is 2. The van der Waals surface area contributed by atoms with Crippen LogP contribution in [0.1, 0.15) is 19.4 Å². The SMILES string of the molecule is CC.CN1CCN(Cc2cc(Cl)ccc2Cl)CC1. The fourth-order valence-corrected chi connectivity index (χ4v) is 2.28. The predicted molar refractivity (Wildman–Crippen MR) is 80.6 cm³/mol. The lowest BCUT2D eigenvalue weighted by molar-refractivity contribution is 0.148. The maximum absolute atomic E-state index is 6.15. The Labute approximate surface area is 120 Å². The van der Waals surface area contributed by atoms with Crippen LogP contribution in [-0.4, -0.2) is 43.0 Å². The highest BCUT2D eigenvalue weighted by molar-refractivity contribution is 6.33. The number of halogens is 2. The fourth-order valence-electron chi connectivity index (χ4n) is 1.91. The first-order valence-electron chi connectivity index (χ1n) is 6.50. The number of benzene rings is 1. The average molecular weight is 289 g/mol. The van der Waals surface area contributed by atoms with Crippen molar-refractivity contribution in [3.63, 3.8) is 0 Å². The van der Waals surface area contributed by atoms with Gasteiger partial charge in [-0.05, 0) is 30.8 Å². The molecule has 1 heterocycles. The molecular weight excluding hydrogens is 267 g/mol. The second-order valence-corrected chi connectivity index (χ2v) is 5.16. The Kier molecular flexibility index (Phi) is 7.02. The van der Waals surface area contributed by atoms with Crippen LogP contribution >= 0.6 is 23.2 Å². The van der Waals surface area contributed by atoms with Gasteiger partial charge in [-0.1, -0.05) is 37.0 Å². The first-order chi connectivity index (χ1) is 8.65. The van der Waals surface area contributed by atoms with E-state index in [2.05, 4.69) is 16.8 Å². The Bertz CT molecular complexity index is 361. The number of hydrogen-bond acceptors (Lipinski definition) is 2. The van der Waals surface area contributed by atoms with Crippen LogP contribution in [0.5, 0.6) is 0 Å². The van der Waals surface area contributed by atoms with Gasteiger partial charge in [-0.25, -0.2) is 0 Å². The molecule has 0 saturated carbocycles. The van der Waals surface area contributed by atoms with Crippen LogP contribution in [0.4, 0.5) is 0 Å². The summed E-state index contributed by atoms with van der Waals surface area (Å²) in [5, 5.41) is 1.57. The Morgan fingerprint density at radius 1 is 1.06 bits per heavy atom. The molecule has 18 heavy (non-hydrogen) atoms. The van der Waals surface area contributed by atoms with E-state index >= 15 is 0 Å². The van der Waals surface area contributed by atoms with Gasteiger partial charge in [0.25, 0.3) is 0 Å². The van der Waals surface area contributed by atoms with Crippen LogP contribution in [0, 0.1) is 0 Å². The summed E-state index contributed by atoms with van der Waals surface area (Å²) in [6.07, 6.45) is 0. The summed E-state index contributed by atoms with van der Waals surface area (Å²) in [6.45, 7) is 9.34. The molecule has 1 aliphatic heterocycles. The molecule has 0 radical (unpaired) electrons. The molecule has 1 aromatic carbocycles. The topological polar surface area (TPSA) is 6.48 Å². The van der Waals surface area contributed by atoms with Crippen LogP contribution in [0.15, 0.2) is 18.2 Å². The van der Waals surface area contributed by atoms with E-state index < -0.39 is 0 Å². The van der Waals surface area contributed by atoms with Crippen LogP contribution in [-0.2, 0) is 6.54 Å². The molecule has 0 N–H and O–H groups in total. The van der Waals surface area contributed by atoms with Crippen molar-refractivity contribution in [2.75, 3.05) is 33.2 Å². The second kappa shape index (κ2) is 8.00. The third kappa shape index (κ3) is 4.77. The molecule has 1 fully saturated rings. The zero-order valence-corrected chi connectivity index (χ0v) is 12.9. The number of likely N-dealkylation sites (N-methyl/N-ethyl adjacent to an activating group) is 1. The van der Waals surface area contributed by atoms with Crippen molar-refractivity contribution in [3.05, 3.63) is 33.8 Å². The largest absolute Gasteiger partial charge is 0.304 e. The molecule has 0 amide bonds. The first-order valence-corrected chi connectivity index (χ1v) is 7.25. The van der Waals surface area contributed by atoms with Gasteiger partial charge in [0.05, 0.1) is 0 Å². The molecule has 1 saturated heterocycles. The summed E-state index contributed by atoms with van der Waals surface area (Å²) in [7, 11) is 2.16. The van der Waals surface area contributed by atoms with Gasteiger partial charge in [0.15, 0.2) is 0 Å². The molecule has 0 aliphatic carbocycles. The molecule has 0 aromatic heterocycles. The Morgan fingerprint density at radius 3 is 2.28 bits per heavy atom. The minimum absolute atomic E-state index is 0.758. The van der Waals surface area contributed by atoms with Crippen molar-refractivity contribution in [1.29, 1.82) is 0 Å². The van der Waals surface area contributed by atoms with E-state index in [-0.39, 0.29) is 0 Å². The van der Waals surface area contributed by atoms with Gasteiger partial charge in [-0.2, -0.15) is 0 Å². The maximum Gasteiger partial charge on any atom is 0.0452 e. The maximum atomic E-state index is 6.15. The Hall–Kier alpha value is -0.280. The molecule has 0 atom stereocenters. The highest BCUT2D eigenvalue weighted by atomic mass is 35.5. The smallest absolute Gasteiger partial charge is 0.0452 e. The fraction of sp³-hybridized carbons (Fsp3) is 0.571. The van der Waals surface area contributed by atoms with Gasteiger partial charge < -0.3 is 4.90 Å². The molecule has 4 heteroatoms. The Morgan fingerprint density at radius 2 is 1.67 bits per heavy atom. The van der Waals surface area contributed by atoms with Gasteiger partial charge in [0.2, 0.25) is 0 Å². The summed E-state index contributed by atoms with van der Waals surface area (Å²) in [5.41, 5.74) is 1.12. The van der Waals surface area contributed by atoms with Crippen LogP contribution < -0.4 is 0 Å². The molecule has 0 spiro atoms. The van der Waals surface area contributed by atoms with Gasteiger partial charge >= 0.3 is 0 Å². The Balaban J connectivity index is 0.000000771. The summed E-state index contributed by atoms with van der Waals surface area (Å²) in [5.74, 6) is 0. The molecule has 102 valence electrons.